The minimum Gasteiger partial charge on any atom is -0.478 e. The van der Waals surface area contributed by atoms with Crippen molar-refractivity contribution in [3.05, 3.63) is 35.4 Å². The Morgan fingerprint density at radius 1 is 0.920 bits per heavy atom. The summed E-state index contributed by atoms with van der Waals surface area (Å²) in [6, 6.07) is 7.00. The fourth-order valence-electron chi connectivity index (χ4n) is 3.53. The summed E-state index contributed by atoms with van der Waals surface area (Å²) < 4.78 is 28.6. The number of carboxylic acids is 1. The molecule has 25 heavy (non-hydrogen) atoms. The van der Waals surface area contributed by atoms with E-state index in [1.54, 1.807) is 20.7 Å². The summed E-state index contributed by atoms with van der Waals surface area (Å²) >= 11 is 0. The van der Waals surface area contributed by atoms with Crippen molar-refractivity contribution in [3.8, 4) is 0 Å². The Kier molecular flexibility index (Phi) is 5.73. The number of carboxylic acid groups (broad SMARTS) is 1. The van der Waals surface area contributed by atoms with Crippen molar-refractivity contribution < 1.29 is 18.3 Å². The Hall–Kier alpha value is -1.48. The molecule has 3 rings (SSSR count). The third-order valence-electron chi connectivity index (χ3n) is 4.91. The van der Waals surface area contributed by atoms with Gasteiger partial charge in [-0.2, -0.15) is 17.0 Å². The highest BCUT2D eigenvalue weighted by Gasteiger charge is 2.32. The van der Waals surface area contributed by atoms with Crippen molar-refractivity contribution in [1.29, 1.82) is 0 Å². The van der Waals surface area contributed by atoms with Gasteiger partial charge < -0.3 is 5.11 Å². The predicted molar refractivity (Wildman–Crippen MR) is 94.6 cm³/mol. The van der Waals surface area contributed by atoms with E-state index in [1.807, 2.05) is 12.1 Å². The maximum absolute atomic E-state index is 12.7. The van der Waals surface area contributed by atoms with Crippen molar-refractivity contribution in [2.45, 2.75) is 25.8 Å². The molecule has 0 amide bonds. The average Bonchev–Trinajstić information content (AvgIpc) is 3.03. The molecule has 2 aliphatic rings. The number of rotatable bonds is 5. The third-order valence-corrected chi connectivity index (χ3v) is 6.94. The van der Waals surface area contributed by atoms with Crippen molar-refractivity contribution >= 4 is 16.2 Å². The van der Waals surface area contributed by atoms with Gasteiger partial charge in [-0.25, -0.2) is 4.79 Å². The smallest absolute Gasteiger partial charge is 0.336 e. The van der Waals surface area contributed by atoms with E-state index in [2.05, 4.69) is 4.90 Å². The van der Waals surface area contributed by atoms with Gasteiger partial charge in [0.05, 0.1) is 5.56 Å². The first-order chi connectivity index (χ1) is 12.0. The molecule has 0 aliphatic carbocycles. The van der Waals surface area contributed by atoms with Gasteiger partial charge in [-0.1, -0.05) is 18.2 Å². The quantitative estimate of drug-likeness (QED) is 0.847. The van der Waals surface area contributed by atoms with Gasteiger partial charge in [-0.05, 0) is 37.4 Å². The van der Waals surface area contributed by atoms with E-state index in [0.29, 0.717) is 44.8 Å². The molecule has 7 nitrogen and oxygen atoms in total. The van der Waals surface area contributed by atoms with E-state index in [0.717, 1.165) is 31.4 Å². The predicted octanol–water partition coefficient (Wildman–Crippen LogP) is 1.23. The Balaban J connectivity index is 1.65. The van der Waals surface area contributed by atoms with Crippen molar-refractivity contribution in [2.24, 2.45) is 0 Å². The van der Waals surface area contributed by atoms with Gasteiger partial charge >= 0.3 is 5.97 Å². The second kappa shape index (κ2) is 7.82. The number of hydrogen-bond acceptors (Lipinski definition) is 4. The van der Waals surface area contributed by atoms with Crippen LogP contribution in [0.3, 0.4) is 0 Å². The van der Waals surface area contributed by atoms with Crippen LogP contribution in [0.1, 0.15) is 35.2 Å². The van der Waals surface area contributed by atoms with Crippen LogP contribution >= 0.6 is 0 Å². The summed E-state index contributed by atoms with van der Waals surface area (Å²) in [6.07, 6.45) is 2.62. The molecule has 0 radical (unpaired) electrons. The number of benzene rings is 1. The van der Waals surface area contributed by atoms with Crippen molar-refractivity contribution in [1.82, 2.24) is 13.5 Å². The largest absolute Gasteiger partial charge is 0.478 e. The molecule has 0 saturated carbocycles. The first-order valence-corrected chi connectivity index (χ1v) is 10.2. The van der Waals surface area contributed by atoms with Gasteiger partial charge in [-0.15, -0.1) is 0 Å². The van der Waals surface area contributed by atoms with E-state index in [4.69, 9.17) is 0 Å². The summed E-state index contributed by atoms with van der Waals surface area (Å²) in [5.41, 5.74) is 1.08. The molecule has 138 valence electrons. The second-order valence-electron chi connectivity index (χ2n) is 6.60. The summed E-state index contributed by atoms with van der Waals surface area (Å²) in [6.45, 7) is 4.12. The van der Waals surface area contributed by atoms with Gasteiger partial charge in [-0.3, -0.25) is 4.90 Å². The first kappa shape index (κ1) is 18.3. The third kappa shape index (κ3) is 4.20. The molecule has 0 aromatic heterocycles. The molecular weight excluding hydrogens is 342 g/mol. The van der Waals surface area contributed by atoms with Gasteiger partial charge in [0, 0.05) is 39.3 Å². The van der Waals surface area contributed by atoms with Gasteiger partial charge in [0.1, 0.15) is 0 Å². The van der Waals surface area contributed by atoms with E-state index in [-0.39, 0.29) is 0 Å². The zero-order valence-electron chi connectivity index (χ0n) is 14.3. The second-order valence-corrected chi connectivity index (χ2v) is 8.53. The Bertz CT molecular complexity index is 716. The number of carbonyl (C=O) groups is 1. The molecule has 1 aromatic rings. The molecule has 1 N–H and O–H groups in total. The average molecular weight is 367 g/mol. The normalized spacial score (nSPS) is 21.3. The zero-order valence-corrected chi connectivity index (χ0v) is 15.1. The molecule has 0 bridgehead atoms. The van der Waals surface area contributed by atoms with Crippen LogP contribution in [0.5, 0.6) is 0 Å². The van der Waals surface area contributed by atoms with Crippen LogP contribution in [0, 0.1) is 0 Å². The van der Waals surface area contributed by atoms with Crippen LogP contribution in [0.15, 0.2) is 24.3 Å². The highest BCUT2D eigenvalue weighted by molar-refractivity contribution is 7.86. The van der Waals surface area contributed by atoms with Gasteiger partial charge in [0.2, 0.25) is 0 Å². The number of hydrogen-bond donors (Lipinski definition) is 1. The SMILES string of the molecule is O=C(O)c1ccccc1CN1CCCN(S(=O)(=O)N2CCCC2)CC1. The molecular formula is C17H25N3O4S. The van der Waals surface area contributed by atoms with Crippen LogP contribution in [-0.2, 0) is 16.8 Å². The molecule has 0 atom stereocenters. The standard InChI is InChI=1S/C17H25N3O4S/c21-17(22)16-7-2-1-6-15(16)14-18-8-5-11-20(13-12-18)25(23,24)19-9-3-4-10-19/h1-2,6-7H,3-5,8-14H2,(H,21,22). The van der Waals surface area contributed by atoms with Crippen molar-refractivity contribution in [2.75, 3.05) is 39.3 Å². The molecule has 2 aliphatic heterocycles. The number of aromatic carboxylic acids is 1. The van der Waals surface area contributed by atoms with Crippen LogP contribution < -0.4 is 0 Å². The maximum atomic E-state index is 12.7. The van der Waals surface area contributed by atoms with E-state index >= 15 is 0 Å². The van der Waals surface area contributed by atoms with Crippen LogP contribution in [-0.4, -0.2) is 72.3 Å². The van der Waals surface area contributed by atoms with E-state index < -0.39 is 16.2 Å². The summed E-state index contributed by atoms with van der Waals surface area (Å²) in [7, 11) is -3.36. The maximum Gasteiger partial charge on any atom is 0.336 e. The van der Waals surface area contributed by atoms with Crippen LogP contribution in [0.2, 0.25) is 0 Å². The molecule has 2 fully saturated rings. The van der Waals surface area contributed by atoms with Crippen molar-refractivity contribution in [3.63, 3.8) is 0 Å². The fraction of sp³-hybridized carbons (Fsp3) is 0.588. The molecule has 0 unspecified atom stereocenters. The zero-order chi connectivity index (χ0) is 17.9. The topological polar surface area (TPSA) is 81.2 Å². The minimum atomic E-state index is -3.36. The lowest BCUT2D eigenvalue weighted by Crippen LogP contribution is -2.44. The van der Waals surface area contributed by atoms with Gasteiger partial charge in [0.15, 0.2) is 0 Å². The summed E-state index contributed by atoms with van der Waals surface area (Å²) in [5, 5.41) is 9.31. The van der Waals surface area contributed by atoms with E-state index in [9.17, 15) is 18.3 Å². The molecule has 2 heterocycles. The molecule has 1 aromatic carbocycles. The lowest BCUT2D eigenvalue weighted by atomic mass is 10.1. The fourth-order valence-corrected chi connectivity index (χ4v) is 5.24. The highest BCUT2D eigenvalue weighted by atomic mass is 32.2. The summed E-state index contributed by atoms with van der Waals surface area (Å²) in [4.78, 5) is 13.5. The molecule has 8 heteroatoms. The highest BCUT2D eigenvalue weighted by Crippen LogP contribution is 2.19. The minimum absolute atomic E-state index is 0.313. The van der Waals surface area contributed by atoms with Crippen LogP contribution in [0.25, 0.3) is 0 Å². The lowest BCUT2D eigenvalue weighted by molar-refractivity contribution is 0.0694. The Morgan fingerprint density at radius 2 is 1.56 bits per heavy atom. The Labute approximate surface area is 149 Å². The Morgan fingerprint density at radius 3 is 2.28 bits per heavy atom. The first-order valence-electron chi connectivity index (χ1n) is 8.77. The van der Waals surface area contributed by atoms with Gasteiger partial charge in [0.25, 0.3) is 10.2 Å². The lowest BCUT2D eigenvalue weighted by Gasteiger charge is -2.26. The monoisotopic (exact) mass is 367 g/mol. The molecule has 0 spiro atoms. The molecule has 2 saturated heterocycles. The summed E-state index contributed by atoms with van der Waals surface area (Å²) in [5.74, 6) is -0.927. The van der Waals surface area contributed by atoms with Crippen LogP contribution in [0.4, 0.5) is 0 Å². The number of nitrogens with zero attached hydrogens (tertiary/aromatic N) is 3. The van der Waals surface area contributed by atoms with E-state index in [1.165, 1.54) is 0 Å².